The number of H-pyrrole nitrogens is 1. The highest BCUT2D eigenvalue weighted by Crippen LogP contribution is 2.31. The number of nitrogens with zero attached hydrogens (tertiary/aromatic N) is 4. The number of anilines is 1. The van der Waals surface area contributed by atoms with Gasteiger partial charge in [-0.15, -0.1) is 0 Å². The fraction of sp³-hybridized carbons (Fsp3) is 0.533. The van der Waals surface area contributed by atoms with Crippen LogP contribution in [0.2, 0.25) is 0 Å². The van der Waals surface area contributed by atoms with Gasteiger partial charge < -0.3 is 9.64 Å². The Morgan fingerprint density at radius 3 is 2.62 bits per heavy atom. The van der Waals surface area contributed by atoms with E-state index in [9.17, 15) is 0 Å². The summed E-state index contributed by atoms with van der Waals surface area (Å²) in [6.07, 6.45) is 7.49. The summed E-state index contributed by atoms with van der Waals surface area (Å²) < 4.78 is 5.77. The van der Waals surface area contributed by atoms with Crippen molar-refractivity contribution < 1.29 is 4.74 Å². The second-order valence-electron chi connectivity index (χ2n) is 5.63. The molecule has 1 aliphatic heterocycles. The Balaban J connectivity index is 1.69. The van der Waals surface area contributed by atoms with E-state index in [1.165, 1.54) is 5.69 Å². The maximum absolute atomic E-state index is 5.77. The molecule has 3 heterocycles. The van der Waals surface area contributed by atoms with Gasteiger partial charge in [-0.1, -0.05) is 0 Å². The molecule has 1 aliphatic rings. The highest BCUT2D eigenvalue weighted by molar-refractivity contribution is 5.48. The fourth-order valence-corrected chi connectivity index (χ4v) is 2.74. The van der Waals surface area contributed by atoms with Gasteiger partial charge in [-0.05, 0) is 32.8 Å². The molecule has 0 bridgehead atoms. The third-order valence-corrected chi connectivity index (χ3v) is 3.75. The Morgan fingerprint density at radius 2 is 1.95 bits per heavy atom. The van der Waals surface area contributed by atoms with Gasteiger partial charge in [0.1, 0.15) is 0 Å². The number of aromatic nitrogens is 4. The molecule has 6 heteroatoms. The van der Waals surface area contributed by atoms with E-state index in [4.69, 9.17) is 4.74 Å². The van der Waals surface area contributed by atoms with Gasteiger partial charge in [-0.3, -0.25) is 5.10 Å². The molecular weight excluding hydrogens is 266 g/mol. The molecule has 0 unspecified atom stereocenters. The largest absolute Gasteiger partial charge is 0.472 e. The van der Waals surface area contributed by atoms with Crippen LogP contribution in [0.25, 0.3) is 0 Å². The first-order valence-corrected chi connectivity index (χ1v) is 7.46. The van der Waals surface area contributed by atoms with Crippen LogP contribution in [-0.2, 0) is 0 Å². The number of piperidine rings is 1. The predicted octanol–water partition coefficient (Wildman–Crippen LogP) is 2.37. The summed E-state index contributed by atoms with van der Waals surface area (Å²) in [5.41, 5.74) is 1.23. The molecule has 0 aliphatic carbocycles. The maximum atomic E-state index is 5.77. The zero-order valence-corrected chi connectivity index (χ0v) is 12.5. The Bertz CT molecular complexity index is 561. The van der Waals surface area contributed by atoms with Crippen LogP contribution in [0.3, 0.4) is 0 Å². The van der Waals surface area contributed by atoms with Crippen LogP contribution in [-0.4, -0.2) is 39.4 Å². The Kier molecular flexibility index (Phi) is 4.03. The fourth-order valence-electron chi connectivity index (χ4n) is 2.74. The van der Waals surface area contributed by atoms with E-state index in [1.807, 2.05) is 20.0 Å². The Labute approximate surface area is 124 Å². The van der Waals surface area contributed by atoms with E-state index in [2.05, 4.69) is 31.1 Å². The van der Waals surface area contributed by atoms with Crippen molar-refractivity contribution in [2.24, 2.45) is 0 Å². The van der Waals surface area contributed by atoms with Gasteiger partial charge in [0.15, 0.2) is 5.82 Å². The van der Waals surface area contributed by atoms with E-state index in [0.29, 0.717) is 11.8 Å². The van der Waals surface area contributed by atoms with Crippen LogP contribution >= 0.6 is 0 Å². The zero-order chi connectivity index (χ0) is 14.7. The molecule has 1 saturated heterocycles. The molecule has 1 fully saturated rings. The standard InChI is InChI=1S/C15H21N5O/c1-11(2)21-15-14(16-7-8-17-15)20-9-4-12(5-10-20)13-3-6-18-19-13/h3,6-8,11-12H,4-5,9-10H2,1-2H3,(H,18,19). The monoisotopic (exact) mass is 287 g/mol. The zero-order valence-electron chi connectivity index (χ0n) is 12.5. The van der Waals surface area contributed by atoms with Gasteiger partial charge in [0.25, 0.3) is 5.88 Å². The lowest BCUT2D eigenvalue weighted by molar-refractivity contribution is 0.231. The molecule has 112 valence electrons. The maximum Gasteiger partial charge on any atom is 0.257 e. The molecule has 3 rings (SSSR count). The molecule has 0 saturated carbocycles. The van der Waals surface area contributed by atoms with Crippen molar-refractivity contribution in [3.63, 3.8) is 0 Å². The van der Waals surface area contributed by atoms with E-state index in [0.717, 1.165) is 31.7 Å². The molecule has 21 heavy (non-hydrogen) atoms. The lowest BCUT2D eigenvalue weighted by Crippen LogP contribution is -2.34. The molecule has 0 spiro atoms. The second-order valence-corrected chi connectivity index (χ2v) is 5.63. The van der Waals surface area contributed by atoms with Gasteiger partial charge in [-0.2, -0.15) is 5.10 Å². The number of hydrogen-bond acceptors (Lipinski definition) is 5. The van der Waals surface area contributed by atoms with Crippen LogP contribution in [0.4, 0.5) is 5.82 Å². The topological polar surface area (TPSA) is 66.9 Å². The number of nitrogens with one attached hydrogen (secondary N) is 1. The number of hydrogen-bond donors (Lipinski definition) is 1. The summed E-state index contributed by atoms with van der Waals surface area (Å²) in [6, 6.07) is 2.07. The van der Waals surface area contributed by atoms with Gasteiger partial charge in [0.05, 0.1) is 6.10 Å². The summed E-state index contributed by atoms with van der Waals surface area (Å²) in [5, 5.41) is 7.12. The van der Waals surface area contributed by atoms with Gasteiger partial charge in [0, 0.05) is 43.3 Å². The number of ether oxygens (including phenoxy) is 1. The molecule has 6 nitrogen and oxygen atoms in total. The predicted molar refractivity (Wildman–Crippen MR) is 80.6 cm³/mol. The summed E-state index contributed by atoms with van der Waals surface area (Å²) in [6.45, 7) is 5.92. The van der Waals surface area contributed by atoms with Gasteiger partial charge in [0.2, 0.25) is 0 Å². The first-order chi connectivity index (χ1) is 10.2. The Hall–Kier alpha value is -2.11. The minimum Gasteiger partial charge on any atom is -0.472 e. The quantitative estimate of drug-likeness (QED) is 0.935. The lowest BCUT2D eigenvalue weighted by Gasteiger charge is -2.32. The molecule has 0 amide bonds. The molecule has 2 aromatic heterocycles. The van der Waals surface area contributed by atoms with E-state index >= 15 is 0 Å². The molecule has 2 aromatic rings. The highest BCUT2D eigenvalue weighted by atomic mass is 16.5. The van der Waals surface area contributed by atoms with Crippen LogP contribution in [0, 0.1) is 0 Å². The minimum atomic E-state index is 0.1000. The average molecular weight is 287 g/mol. The Morgan fingerprint density at radius 1 is 1.19 bits per heavy atom. The second kappa shape index (κ2) is 6.11. The van der Waals surface area contributed by atoms with Crippen LogP contribution < -0.4 is 9.64 Å². The van der Waals surface area contributed by atoms with Gasteiger partial charge in [-0.25, -0.2) is 9.97 Å². The third kappa shape index (κ3) is 3.15. The lowest BCUT2D eigenvalue weighted by atomic mass is 9.94. The first kappa shape index (κ1) is 13.9. The SMILES string of the molecule is CC(C)Oc1nccnc1N1CCC(c2ccn[nH]2)CC1. The summed E-state index contributed by atoms with van der Waals surface area (Å²) in [5.74, 6) is 2.04. The summed E-state index contributed by atoms with van der Waals surface area (Å²) in [4.78, 5) is 11.0. The van der Waals surface area contributed by atoms with Crippen molar-refractivity contribution in [1.29, 1.82) is 0 Å². The molecular formula is C15H21N5O. The van der Waals surface area contributed by atoms with Crippen LogP contribution in [0.1, 0.15) is 38.3 Å². The van der Waals surface area contributed by atoms with Crippen LogP contribution in [0.5, 0.6) is 5.88 Å². The van der Waals surface area contributed by atoms with Crippen LogP contribution in [0.15, 0.2) is 24.7 Å². The molecule has 0 radical (unpaired) electrons. The normalized spacial score (nSPS) is 16.4. The van der Waals surface area contributed by atoms with Crippen molar-refractivity contribution in [2.75, 3.05) is 18.0 Å². The number of aromatic amines is 1. The van der Waals surface area contributed by atoms with Crippen molar-refractivity contribution in [1.82, 2.24) is 20.2 Å². The summed E-state index contributed by atoms with van der Waals surface area (Å²) in [7, 11) is 0. The van der Waals surface area contributed by atoms with Gasteiger partial charge >= 0.3 is 0 Å². The van der Waals surface area contributed by atoms with E-state index < -0.39 is 0 Å². The third-order valence-electron chi connectivity index (χ3n) is 3.75. The average Bonchev–Trinajstić information content (AvgIpc) is 3.02. The van der Waals surface area contributed by atoms with Crippen molar-refractivity contribution >= 4 is 5.82 Å². The minimum absolute atomic E-state index is 0.1000. The molecule has 0 atom stereocenters. The highest BCUT2D eigenvalue weighted by Gasteiger charge is 2.24. The number of rotatable bonds is 4. The van der Waals surface area contributed by atoms with Crippen molar-refractivity contribution in [2.45, 2.75) is 38.7 Å². The summed E-state index contributed by atoms with van der Waals surface area (Å²) >= 11 is 0. The smallest absolute Gasteiger partial charge is 0.257 e. The molecule has 0 aromatic carbocycles. The first-order valence-electron chi connectivity index (χ1n) is 7.46. The van der Waals surface area contributed by atoms with Crippen molar-refractivity contribution in [3.05, 3.63) is 30.4 Å². The van der Waals surface area contributed by atoms with E-state index in [1.54, 1.807) is 12.4 Å². The van der Waals surface area contributed by atoms with E-state index in [-0.39, 0.29) is 6.10 Å². The molecule has 1 N–H and O–H groups in total. The van der Waals surface area contributed by atoms with Crippen molar-refractivity contribution in [3.8, 4) is 5.88 Å².